The zero-order valence-electron chi connectivity index (χ0n) is 4.72. The summed E-state index contributed by atoms with van der Waals surface area (Å²) in [5, 5.41) is 8.55. The molecule has 0 aromatic carbocycles. The highest BCUT2D eigenvalue weighted by Crippen LogP contribution is 2.06. The molecule has 1 aromatic heterocycles. The van der Waals surface area contributed by atoms with Crippen molar-refractivity contribution in [1.29, 1.82) is 0 Å². The molecule has 0 aliphatic heterocycles. The van der Waals surface area contributed by atoms with Gasteiger partial charge in [0, 0.05) is 5.56 Å². The summed E-state index contributed by atoms with van der Waals surface area (Å²) in [6.45, 7) is 1.97. The third kappa shape index (κ3) is 0.746. The van der Waals surface area contributed by atoms with Crippen LogP contribution in [0.4, 0.5) is 0 Å². The van der Waals surface area contributed by atoms with E-state index in [1.54, 1.807) is 12.5 Å². The minimum absolute atomic E-state index is 0.0718. The van der Waals surface area contributed by atoms with Crippen molar-refractivity contribution < 1.29 is 9.52 Å². The van der Waals surface area contributed by atoms with E-state index in [1.807, 2.05) is 6.92 Å². The molecule has 0 fully saturated rings. The van der Waals surface area contributed by atoms with E-state index in [9.17, 15) is 0 Å². The number of aliphatic hydroxyl groups excluding tert-OH is 1. The Hall–Kier alpha value is -0.760. The summed E-state index contributed by atoms with van der Waals surface area (Å²) in [7, 11) is 0. The molecule has 0 spiro atoms. The fourth-order valence-electron chi connectivity index (χ4n) is 0.549. The van der Waals surface area contributed by atoms with Crippen molar-refractivity contribution in [2.45, 2.75) is 13.5 Å². The first-order valence-corrected chi connectivity index (χ1v) is 2.47. The van der Waals surface area contributed by atoms with Gasteiger partial charge in [-0.25, -0.2) is 0 Å². The topological polar surface area (TPSA) is 33.4 Å². The summed E-state index contributed by atoms with van der Waals surface area (Å²) < 4.78 is 4.78. The van der Waals surface area contributed by atoms with Crippen LogP contribution in [0.25, 0.3) is 0 Å². The summed E-state index contributed by atoms with van der Waals surface area (Å²) >= 11 is 0. The van der Waals surface area contributed by atoms with E-state index < -0.39 is 0 Å². The summed E-state index contributed by atoms with van der Waals surface area (Å²) in [5.74, 6) is 0. The van der Waals surface area contributed by atoms with Gasteiger partial charge in [0.15, 0.2) is 0 Å². The molecule has 2 nitrogen and oxygen atoms in total. The van der Waals surface area contributed by atoms with E-state index >= 15 is 0 Å². The number of rotatable bonds is 1. The SMILES string of the molecule is Cc1cocc1CO. The molecule has 44 valence electrons. The van der Waals surface area contributed by atoms with E-state index in [2.05, 4.69) is 0 Å². The van der Waals surface area contributed by atoms with Crippen LogP contribution >= 0.6 is 0 Å². The second-order valence-corrected chi connectivity index (χ2v) is 1.74. The Balaban J connectivity index is 2.92. The average molecular weight is 112 g/mol. The lowest BCUT2D eigenvalue weighted by Gasteiger charge is -1.85. The largest absolute Gasteiger partial charge is 0.472 e. The van der Waals surface area contributed by atoms with Gasteiger partial charge in [0.25, 0.3) is 0 Å². The first kappa shape index (κ1) is 5.38. The van der Waals surface area contributed by atoms with Crippen molar-refractivity contribution >= 4 is 0 Å². The molecular weight excluding hydrogens is 104 g/mol. The second kappa shape index (κ2) is 2.01. The van der Waals surface area contributed by atoms with Gasteiger partial charge < -0.3 is 9.52 Å². The van der Waals surface area contributed by atoms with E-state index in [-0.39, 0.29) is 6.61 Å². The molecule has 1 heterocycles. The molecule has 0 bridgehead atoms. The summed E-state index contributed by atoms with van der Waals surface area (Å²) in [4.78, 5) is 0. The first-order chi connectivity index (χ1) is 3.84. The van der Waals surface area contributed by atoms with Crippen LogP contribution < -0.4 is 0 Å². The highest BCUT2D eigenvalue weighted by molar-refractivity contribution is 5.17. The number of furan rings is 1. The van der Waals surface area contributed by atoms with Gasteiger partial charge in [-0.1, -0.05) is 0 Å². The molecule has 1 rings (SSSR count). The number of hydrogen-bond donors (Lipinski definition) is 1. The maximum atomic E-state index is 8.55. The molecule has 1 aromatic rings. The van der Waals surface area contributed by atoms with E-state index in [1.165, 1.54) is 0 Å². The predicted molar refractivity (Wildman–Crippen MR) is 29.4 cm³/mol. The molecule has 0 unspecified atom stereocenters. The summed E-state index contributed by atoms with van der Waals surface area (Å²) in [5.41, 5.74) is 1.87. The Kier molecular flexibility index (Phi) is 1.35. The van der Waals surface area contributed by atoms with Crippen molar-refractivity contribution in [2.75, 3.05) is 0 Å². The Labute approximate surface area is 47.7 Å². The number of aryl methyl sites for hydroxylation is 1. The van der Waals surface area contributed by atoms with Crippen LogP contribution in [0.15, 0.2) is 16.9 Å². The molecule has 0 saturated carbocycles. The van der Waals surface area contributed by atoms with Gasteiger partial charge in [-0.15, -0.1) is 0 Å². The Morgan fingerprint density at radius 3 is 2.62 bits per heavy atom. The number of hydrogen-bond acceptors (Lipinski definition) is 2. The summed E-state index contributed by atoms with van der Waals surface area (Å²) in [6.07, 6.45) is 3.17. The third-order valence-electron chi connectivity index (χ3n) is 1.13. The molecule has 8 heavy (non-hydrogen) atoms. The molecule has 0 saturated heterocycles. The Morgan fingerprint density at radius 2 is 2.38 bits per heavy atom. The van der Waals surface area contributed by atoms with E-state index in [4.69, 9.17) is 9.52 Å². The minimum Gasteiger partial charge on any atom is -0.472 e. The lowest BCUT2D eigenvalue weighted by Crippen LogP contribution is -1.79. The van der Waals surface area contributed by atoms with Gasteiger partial charge in [-0.05, 0) is 12.5 Å². The molecule has 0 radical (unpaired) electrons. The first-order valence-electron chi connectivity index (χ1n) is 2.47. The quantitative estimate of drug-likeness (QED) is 0.589. The second-order valence-electron chi connectivity index (χ2n) is 1.74. The van der Waals surface area contributed by atoms with Crippen molar-refractivity contribution in [3.05, 3.63) is 23.7 Å². The molecular formula is C6H8O2. The highest BCUT2D eigenvalue weighted by atomic mass is 16.3. The van der Waals surface area contributed by atoms with Crippen LogP contribution in [-0.2, 0) is 6.61 Å². The minimum atomic E-state index is 0.0718. The fraction of sp³-hybridized carbons (Fsp3) is 0.333. The van der Waals surface area contributed by atoms with Crippen molar-refractivity contribution in [1.82, 2.24) is 0 Å². The normalized spacial score (nSPS) is 9.75. The molecule has 0 amide bonds. The number of aliphatic hydroxyl groups is 1. The van der Waals surface area contributed by atoms with Crippen LogP contribution in [0.5, 0.6) is 0 Å². The van der Waals surface area contributed by atoms with Crippen LogP contribution in [-0.4, -0.2) is 5.11 Å². The maximum absolute atomic E-state index is 8.55. The van der Waals surface area contributed by atoms with Gasteiger partial charge in [-0.3, -0.25) is 0 Å². The van der Waals surface area contributed by atoms with Gasteiger partial charge in [0.2, 0.25) is 0 Å². The van der Waals surface area contributed by atoms with E-state index in [0.29, 0.717) is 0 Å². The zero-order chi connectivity index (χ0) is 5.98. The molecule has 1 N–H and O–H groups in total. The predicted octanol–water partition coefficient (Wildman–Crippen LogP) is 1.08. The van der Waals surface area contributed by atoms with Gasteiger partial charge in [0.1, 0.15) is 0 Å². The highest BCUT2D eigenvalue weighted by Gasteiger charge is 1.95. The van der Waals surface area contributed by atoms with Crippen LogP contribution in [0.1, 0.15) is 11.1 Å². The van der Waals surface area contributed by atoms with Crippen LogP contribution in [0.3, 0.4) is 0 Å². The summed E-state index contributed by atoms with van der Waals surface area (Å²) in [6, 6.07) is 0. The van der Waals surface area contributed by atoms with Crippen molar-refractivity contribution in [2.24, 2.45) is 0 Å². The Morgan fingerprint density at radius 1 is 1.62 bits per heavy atom. The monoisotopic (exact) mass is 112 g/mol. The lowest BCUT2D eigenvalue weighted by molar-refractivity contribution is 0.280. The Bertz CT molecular complexity index is 167. The standard InChI is InChI=1S/C6H8O2/c1-5-3-8-4-6(5)2-7/h3-4,7H,2H2,1H3. The van der Waals surface area contributed by atoms with Gasteiger partial charge in [-0.2, -0.15) is 0 Å². The molecule has 0 atom stereocenters. The maximum Gasteiger partial charge on any atom is 0.0960 e. The van der Waals surface area contributed by atoms with Gasteiger partial charge >= 0.3 is 0 Å². The zero-order valence-corrected chi connectivity index (χ0v) is 4.72. The molecule has 0 aliphatic rings. The van der Waals surface area contributed by atoms with Gasteiger partial charge in [0.05, 0.1) is 19.1 Å². The van der Waals surface area contributed by atoms with E-state index in [0.717, 1.165) is 11.1 Å². The smallest absolute Gasteiger partial charge is 0.0960 e. The molecule has 2 heteroatoms. The third-order valence-corrected chi connectivity index (χ3v) is 1.13. The van der Waals surface area contributed by atoms with Crippen LogP contribution in [0.2, 0.25) is 0 Å². The lowest BCUT2D eigenvalue weighted by atomic mass is 10.2. The molecule has 0 aliphatic carbocycles. The average Bonchev–Trinajstić information content (AvgIpc) is 2.14. The van der Waals surface area contributed by atoms with Crippen molar-refractivity contribution in [3.8, 4) is 0 Å². The van der Waals surface area contributed by atoms with Crippen molar-refractivity contribution in [3.63, 3.8) is 0 Å². The van der Waals surface area contributed by atoms with Crippen LogP contribution in [0, 0.1) is 6.92 Å². The fourth-order valence-corrected chi connectivity index (χ4v) is 0.549.